The Labute approximate surface area is 230 Å². The molecule has 2 N–H and O–H groups in total. The van der Waals surface area contributed by atoms with Crippen molar-refractivity contribution in [2.45, 2.75) is 57.2 Å². The van der Waals surface area contributed by atoms with Gasteiger partial charge in [0.15, 0.2) is 0 Å². The van der Waals surface area contributed by atoms with Crippen LogP contribution in [0.2, 0.25) is 10.0 Å². The van der Waals surface area contributed by atoms with Gasteiger partial charge in [-0.05, 0) is 80.6 Å². The Morgan fingerprint density at radius 3 is 1.49 bits per heavy atom. The molecule has 2 aliphatic rings. The Morgan fingerprint density at radius 1 is 0.757 bits per heavy atom. The van der Waals surface area contributed by atoms with Crippen molar-refractivity contribution in [3.63, 3.8) is 0 Å². The first-order valence-corrected chi connectivity index (χ1v) is 13.7. The topological polar surface area (TPSA) is 94.5 Å². The van der Waals surface area contributed by atoms with Gasteiger partial charge in [-0.15, -0.1) is 0 Å². The SMILES string of the molecule is CCCN1CCC(O)(c2ccc(C#N)c(Cl)c2)CC1.CCN1CCC(O)(c2ccc(C#N)c(Cl)c2)CC1. The van der Waals surface area contributed by atoms with E-state index in [1.807, 2.05) is 24.3 Å². The summed E-state index contributed by atoms with van der Waals surface area (Å²) in [6, 6.07) is 14.5. The molecule has 2 aliphatic heterocycles. The Morgan fingerprint density at radius 2 is 1.16 bits per heavy atom. The minimum absolute atomic E-state index is 0.418. The van der Waals surface area contributed by atoms with Crippen LogP contribution in [0.15, 0.2) is 36.4 Å². The van der Waals surface area contributed by atoms with Crippen molar-refractivity contribution in [2.75, 3.05) is 39.3 Å². The van der Waals surface area contributed by atoms with Gasteiger partial charge in [0.1, 0.15) is 12.1 Å². The quantitative estimate of drug-likeness (QED) is 0.523. The normalized spacial score (nSPS) is 19.2. The molecule has 0 saturated carbocycles. The highest BCUT2D eigenvalue weighted by atomic mass is 35.5. The molecule has 2 aromatic rings. The lowest BCUT2D eigenvalue weighted by molar-refractivity contribution is -0.0258. The fraction of sp³-hybridized carbons (Fsp3) is 0.517. The first-order chi connectivity index (χ1) is 17.7. The number of likely N-dealkylation sites (tertiary alicyclic amines) is 2. The van der Waals surface area contributed by atoms with E-state index in [1.165, 1.54) is 0 Å². The van der Waals surface area contributed by atoms with Gasteiger partial charge in [0.05, 0.1) is 32.4 Å². The molecule has 2 aromatic carbocycles. The maximum absolute atomic E-state index is 10.7. The maximum Gasteiger partial charge on any atom is 0.101 e. The Kier molecular flexibility index (Phi) is 10.4. The van der Waals surface area contributed by atoms with E-state index in [0.29, 0.717) is 34.0 Å². The third-order valence-corrected chi connectivity index (χ3v) is 8.23. The summed E-state index contributed by atoms with van der Waals surface area (Å²) in [6.45, 7) is 10.00. The predicted octanol–water partition coefficient (Wildman–Crippen LogP) is 5.42. The monoisotopic (exact) mass is 542 g/mol. The highest BCUT2D eigenvalue weighted by Gasteiger charge is 2.35. The Bertz CT molecular complexity index is 1140. The fourth-order valence-electron chi connectivity index (χ4n) is 5.07. The molecule has 0 aromatic heterocycles. The molecule has 4 rings (SSSR count). The number of hydrogen-bond acceptors (Lipinski definition) is 6. The minimum Gasteiger partial charge on any atom is -0.385 e. The van der Waals surface area contributed by atoms with Crippen LogP contribution in [0.3, 0.4) is 0 Å². The smallest absolute Gasteiger partial charge is 0.101 e. The van der Waals surface area contributed by atoms with Gasteiger partial charge in [-0.3, -0.25) is 0 Å². The molecule has 0 radical (unpaired) electrons. The molecule has 2 saturated heterocycles. The van der Waals surface area contributed by atoms with Crippen molar-refractivity contribution in [1.82, 2.24) is 9.80 Å². The number of rotatable bonds is 5. The van der Waals surface area contributed by atoms with E-state index in [1.54, 1.807) is 24.3 Å². The lowest BCUT2D eigenvalue weighted by Crippen LogP contribution is -2.42. The van der Waals surface area contributed by atoms with Crippen molar-refractivity contribution in [1.29, 1.82) is 10.5 Å². The van der Waals surface area contributed by atoms with Crippen LogP contribution in [0, 0.1) is 22.7 Å². The third kappa shape index (κ3) is 7.24. The molecular weight excluding hydrogens is 507 g/mol. The first-order valence-electron chi connectivity index (χ1n) is 13.0. The summed E-state index contributed by atoms with van der Waals surface area (Å²) in [7, 11) is 0. The van der Waals surface area contributed by atoms with Crippen molar-refractivity contribution >= 4 is 23.2 Å². The largest absolute Gasteiger partial charge is 0.385 e. The van der Waals surface area contributed by atoms with Crippen LogP contribution in [0.5, 0.6) is 0 Å². The molecule has 0 unspecified atom stereocenters. The highest BCUT2D eigenvalue weighted by Crippen LogP contribution is 2.36. The van der Waals surface area contributed by atoms with E-state index in [4.69, 9.17) is 33.7 Å². The number of benzene rings is 2. The molecule has 2 fully saturated rings. The molecule has 0 bridgehead atoms. The molecule has 0 amide bonds. The number of halogens is 2. The fourth-order valence-corrected chi connectivity index (χ4v) is 5.52. The zero-order valence-electron chi connectivity index (χ0n) is 21.7. The van der Waals surface area contributed by atoms with Crippen LogP contribution in [0.1, 0.15) is 68.2 Å². The predicted molar refractivity (Wildman–Crippen MR) is 147 cm³/mol. The van der Waals surface area contributed by atoms with Gasteiger partial charge in [-0.2, -0.15) is 10.5 Å². The van der Waals surface area contributed by atoms with Gasteiger partial charge in [-0.25, -0.2) is 0 Å². The minimum atomic E-state index is -0.804. The maximum atomic E-state index is 10.7. The summed E-state index contributed by atoms with van der Waals surface area (Å²) in [5.74, 6) is 0. The second kappa shape index (κ2) is 13.1. The van der Waals surface area contributed by atoms with Gasteiger partial charge >= 0.3 is 0 Å². The van der Waals surface area contributed by atoms with Crippen molar-refractivity contribution in [3.8, 4) is 12.1 Å². The van der Waals surface area contributed by atoms with Crippen LogP contribution < -0.4 is 0 Å². The second-order valence-electron chi connectivity index (χ2n) is 9.95. The summed E-state index contributed by atoms with van der Waals surface area (Å²) >= 11 is 12.1. The van der Waals surface area contributed by atoms with Gasteiger partial charge in [-0.1, -0.05) is 49.2 Å². The zero-order chi connectivity index (χ0) is 27.1. The second-order valence-corrected chi connectivity index (χ2v) is 10.8. The summed E-state index contributed by atoms with van der Waals surface area (Å²) in [4.78, 5) is 4.69. The van der Waals surface area contributed by atoms with Crippen LogP contribution in [0.25, 0.3) is 0 Å². The lowest BCUT2D eigenvalue weighted by atomic mass is 9.84. The van der Waals surface area contributed by atoms with Crippen LogP contribution in [-0.2, 0) is 11.2 Å². The van der Waals surface area contributed by atoms with Gasteiger partial charge in [0.2, 0.25) is 0 Å². The van der Waals surface area contributed by atoms with Crippen molar-refractivity contribution in [3.05, 3.63) is 68.7 Å². The first kappa shape index (κ1) is 29.4. The molecule has 0 spiro atoms. The number of nitrogens with zero attached hydrogens (tertiary/aromatic N) is 4. The van der Waals surface area contributed by atoms with Crippen LogP contribution in [0.4, 0.5) is 0 Å². The molecule has 0 aliphatic carbocycles. The molecule has 2 heterocycles. The number of hydrogen-bond donors (Lipinski definition) is 2. The Hall–Kier alpha value is -2.16. The van der Waals surface area contributed by atoms with E-state index in [2.05, 4.69) is 23.6 Å². The molecule has 37 heavy (non-hydrogen) atoms. The van der Waals surface area contributed by atoms with E-state index >= 15 is 0 Å². The molecular formula is C29H36Cl2N4O2. The van der Waals surface area contributed by atoms with E-state index in [9.17, 15) is 10.2 Å². The van der Waals surface area contributed by atoms with Crippen molar-refractivity contribution in [2.24, 2.45) is 0 Å². The van der Waals surface area contributed by atoms with E-state index in [0.717, 1.165) is 69.7 Å². The lowest BCUT2D eigenvalue weighted by Gasteiger charge is -2.38. The highest BCUT2D eigenvalue weighted by molar-refractivity contribution is 6.32. The summed E-state index contributed by atoms with van der Waals surface area (Å²) < 4.78 is 0. The average molecular weight is 544 g/mol. The summed E-state index contributed by atoms with van der Waals surface area (Å²) in [6.07, 6.45) is 4.00. The molecule has 8 heteroatoms. The van der Waals surface area contributed by atoms with Crippen molar-refractivity contribution < 1.29 is 10.2 Å². The summed E-state index contributed by atoms with van der Waals surface area (Å²) in [5, 5.41) is 40.0. The molecule has 0 atom stereocenters. The Balaban J connectivity index is 0.000000206. The number of nitriles is 2. The number of piperidine rings is 2. The van der Waals surface area contributed by atoms with Gasteiger partial charge < -0.3 is 20.0 Å². The standard InChI is InChI=1S/C15H19ClN2O.C14H17ClN2O/c1-2-7-18-8-5-15(19,6-9-18)13-4-3-12(11-17)14(16)10-13;1-2-17-7-5-14(18,6-8-17)12-4-3-11(10-16)13(15)9-12/h3-4,10,19H,2,5-9H2,1H3;3-4,9,18H,2,5-8H2,1H3. The third-order valence-electron chi connectivity index (χ3n) is 7.61. The summed E-state index contributed by atoms with van der Waals surface area (Å²) in [5.41, 5.74) is 0.952. The molecule has 198 valence electrons. The van der Waals surface area contributed by atoms with Gasteiger partial charge in [0.25, 0.3) is 0 Å². The van der Waals surface area contributed by atoms with Crippen LogP contribution >= 0.6 is 23.2 Å². The molecule has 6 nitrogen and oxygen atoms in total. The van der Waals surface area contributed by atoms with E-state index < -0.39 is 11.2 Å². The average Bonchev–Trinajstić information content (AvgIpc) is 2.91. The van der Waals surface area contributed by atoms with E-state index in [-0.39, 0.29) is 0 Å². The van der Waals surface area contributed by atoms with Crippen LogP contribution in [-0.4, -0.2) is 59.3 Å². The van der Waals surface area contributed by atoms with Gasteiger partial charge in [0, 0.05) is 26.2 Å². The number of aliphatic hydroxyl groups is 2. The zero-order valence-corrected chi connectivity index (χ0v) is 23.2.